The molecule has 2 aromatic rings. The summed E-state index contributed by atoms with van der Waals surface area (Å²) in [5, 5.41) is 9.90. The van der Waals surface area contributed by atoms with Crippen LogP contribution in [0.5, 0.6) is 0 Å². The smallest absolute Gasteiger partial charge is 0.312 e. The number of aromatic nitrogens is 1. The lowest BCUT2D eigenvalue weighted by Gasteiger charge is -2.16. The molecular weight excluding hydrogens is 309 g/mol. The molecule has 3 rings (SSSR count). The first kappa shape index (κ1) is 14.5. The van der Waals surface area contributed by atoms with Crippen molar-refractivity contribution in [2.75, 3.05) is 6.26 Å². The topological polar surface area (TPSA) is 50.2 Å². The van der Waals surface area contributed by atoms with Gasteiger partial charge in [0.05, 0.1) is 17.2 Å². The van der Waals surface area contributed by atoms with Crippen molar-refractivity contribution in [3.63, 3.8) is 0 Å². The van der Waals surface area contributed by atoms with Crippen LogP contribution in [0, 0.1) is 5.82 Å². The highest BCUT2D eigenvalue weighted by molar-refractivity contribution is 7.98. The van der Waals surface area contributed by atoms with Gasteiger partial charge >= 0.3 is 5.97 Å². The van der Waals surface area contributed by atoms with Crippen LogP contribution in [0.3, 0.4) is 0 Å². The number of carboxylic acid groups (broad SMARTS) is 1. The Morgan fingerprint density at radius 3 is 3.05 bits per heavy atom. The largest absolute Gasteiger partial charge is 0.481 e. The molecule has 0 saturated carbocycles. The van der Waals surface area contributed by atoms with E-state index >= 15 is 0 Å². The summed E-state index contributed by atoms with van der Waals surface area (Å²) in [7, 11) is 0. The SMILES string of the molecule is CSc1cccc(F)c1-c1nc2c(s1)CCCC2C(=O)O. The fraction of sp³-hybridized carbons (Fsp3) is 0.333. The van der Waals surface area contributed by atoms with Gasteiger partial charge in [0, 0.05) is 9.77 Å². The quantitative estimate of drug-likeness (QED) is 0.861. The zero-order chi connectivity index (χ0) is 15.0. The molecule has 1 aliphatic rings. The second kappa shape index (κ2) is 5.77. The number of carbonyl (C=O) groups is 1. The number of thiazole rings is 1. The minimum Gasteiger partial charge on any atom is -0.481 e. The Kier molecular flexibility index (Phi) is 3.99. The van der Waals surface area contributed by atoms with Crippen molar-refractivity contribution >= 4 is 29.1 Å². The van der Waals surface area contributed by atoms with Crippen molar-refractivity contribution in [2.45, 2.75) is 30.1 Å². The number of benzene rings is 1. The van der Waals surface area contributed by atoms with Crippen molar-refractivity contribution < 1.29 is 14.3 Å². The number of halogens is 1. The van der Waals surface area contributed by atoms with Crippen LogP contribution in [-0.4, -0.2) is 22.3 Å². The van der Waals surface area contributed by atoms with Crippen molar-refractivity contribution in [1.82, 2.24) is 4.98 Å². The van der Waals surface area contributed by atoms with E-state index in [0.29, 0.717) is 22.7 Å². The Morgan fingerprint density at radius 1 is 1.52 bits per heavy atom. The van der Waals surface area contributed by atoms with Gasteiger partial charge in [-0.2, -0.15) is 0 Å². The average Bonchev–Trinajstić information content (AvgIpc) is 2.89. The summed E-state index contributed by atoms with van der Waals surface area (Å²) in [6.07, 6.45) is 4.18. The summed E-state index contributed by atoms with van der Waals surface area (Å²) in [5.41, 5.74) is 1.12. The molecule has 3 nitrogen and oxygen atoms in total. The maximum absolute atomic E-state index is 14.2. The minimum absolute atomic E-state index is 0.306. The van der Waals surface area contributed by atoms with Crippen LogP contribution in [0.1, 0.15) is 29.3 Å². The molecule has 6 heteroatoms. The predicted octanol–water partition coefficient (Wildman–Crippen LogP) is 4.18. The van der Waals surface area contributed by atoms with Gasteiger partial charge in [0.1, 0.15) is 10.8 Å². The molecule has 1 aliphatic carbocycles. The van der Waals surface area contributed by atoms with E-state index in [9.17, 15) is 14.3 Å². The van der Waals surface area contributed by atoms with Gasteiger partial charge in [0.25, 0.3) is 0 Å². The molecule has 0 aliphatic heterocycles. The maximum Gasteiger partial charge on any atom is 0.312 e. The van der Waals surface area contributed by atoms with Gasteiger partial charge in [-0.1, -0.05) is 6.07 Å². The number of rotatable bonds is 3. The highest BCUT2D eigenvalue weighted by Gasteiger charge is 2.30. The number of aryl methyl sites for hydroxylation is 1. The van der Waals surface area contributed by atoms with Gasteiger partial charge < -0.3 is 5.11 Å². The maximum atomic E-state index is 14.2. The minimum atomic E-state index is -0.841. The van der Waals surface area contributed by atoms with Crippen molar-refractivity contribution in [3.05, 3.63) is 34.6 Å². The van der Waals surface area contributed by atoms with Gasteiger partial charge in [-0.25, -0.2) is 9.37 Å². The Balaban J connectivity index is 2.12. The molecule has 0 spiro atoms. The second-order valence-electron chi connectivity index (χ2n) is 4.93. The molecule has 1 aromatic carbocycles. The Morgan fingerprint density at radius 2 is 2.33 bits per heavy atom. The molecule has 1 N–H and O–H groups in total. The van der Waals surface area contributed by atoms with E-state index < -0.39 is 11.9 Å². The predicted molar refractivity (Wildman–Crippen MR) is 82.6 cm³/mol. The van der Waals surface area contributed by atoms with E-state index in [4.69, 9.17) is 0 Å². The van der Waals surface area contributed by atoms with Gasteiger partial charge in [-0.3, -0.25) is 4.79 Å². The number of hydrogen-bond acceptors (Lipinski definition) is 4. The molecule has 0 bridgehead atoms. The van der Waals surface area contributed by atoms with E-state index in [1.807, 2.05) is 12.3 Å². The third-order valence-corrected chi connectivity index (χ3v) is 5.59. The molecule has 110 valence electrons. The average molecular weight is 323 g/mol. The van der Waals surface area contributed by atoms with Crippen LogP contribution >= 0.6 is 23.1 Å². The summed E-state index contributed by atoms with van der Waals surface area (Å²) >= 11 is 2.89. The lowest BCUT2D eigenvalue weighted by molar-refractivity contribution is -0.139. The van der Waals surface area contributed by atoms with Crippen molar-refractivity contribution in [1.29, 1.82) is 0 Å². The van der Waals surface area contributed by atoms with Crippen LogP contribution in [-0.2, 0) is 11.2 Å². The fourth-order valence-corrected chi connectivity index (χ4v) is 4.55. The van der Waals surface area contributed by atoms with E-state index in [2.05, 4.69) is 4.98 Å². The van der Waals surface area contributed by atoms with Gasteiger partial charge in [-0.15, -0.1) is 23.1 Å². The summed E-state index contributed by atoms with van der Waals surface area (Å²) in [5.74, 6) is -1.70. The molecule has 0 amide bonds. The fourth-order valence-electron chi connectivity index (χ4n) is 2.65. The van der Waals surface area contributed by atoms with E-state index in [0.717, 1.165) is 22.6 Å². The van der Waals surface area contributed by atoms with Crippen molar-refractivity contribution in [3.8, 4) is 10.6 Å². The van der Waals surface area contributed by atoms with Gasteiger partial charge in [0.2, 0.25) is 0 Å². The number of fused-ring (bicyclic) bond motifs is 1. The third-order valence-electron chi connectivity index (χ3n) is 3.66. The summed E-state index contributed by atoms with van der Waals surface area (Å²) in [4.78, 5) is 17.6. The lowest BCUT2D eigenvalue weighted by atomic mass is 9.91. The van der Waals surface area contributed by atoms with Crippen LogP contribution in [0.25, 0.3) is 10.6 Å². The first-order chi connectivity index (χ1) is 10.1. The molecule has 1 atom stereocenters. The molecule has 0 radical (unpaired) electrons. The highest BCUT2D eigenvalue weighted by atomic mass is 32.2. The van der Waals surface area contributed by atoms with Crippen LogP contribution < -0.4 is 0 Å². The normalized spacial score (nSPS) is 17.5. The van der Waals surface area contributed by atoms with Gasteiger partial charge in [0.15, 0.2) is 0 Å². The molecule has 1 aromatic heterocycles. The molecule has 1 unspecified atom stereocenters. The van der Waals surface area contributed by atoms with E-state index in [-0.39, 0.29) is 5.82 Å². The van der Waals surface area contributed by atoms with Crippen LogP contribution in [0.2, 0.25) is 0 Å². The first-order valence-corrected chi connectivity index (χ1v) is 8.71. The molecule has 0 fully saturated rings. The number of carboxylic acids is 1. The summed E-state index contributed by atoms with van der Waals surface area (Å²) in [6, 6.07) is 4.96. The Labute approximate surface area is 130 Å². The first-order valence-electron chi connectivity index (χ1n) is 6.67. The molecule has 21 heavy (non-hydrogen) atoms. The zero-order valence-electron chi connectivity index (χ0n) is 11.4. The molecule has 1 heterocycles. The van der Waals surface area contributed by atoms with E-state index in [1.54, 1.807) is 6.07 Å². The highest BCUT2D eigenvalue weighted by Crippen LogP contribution is 2.41. The number of aliphatic carboxylic acids is 1. The lowest BCUT2D eigenvalue weighted by Crippen LogP contribution is -2.17. The van der Waals surface area contributed by atoms with E-state index in [1.165, 1.54) is 29.2 Å². The Hall–Kier alpha value is -1.40. The Bertz CT molecular complexity index is 699. The summed E-state index contributed by atoms with van der Waals surface area (Å²) in [6.45, 7) is 0. The molecular formula is C15H14FNO2S2. The standard InChI is InChI=1S/C15H14FNO2S2/c1-20-10-6-3-5-9(16)12(10)14-17-13-8(15(18)19)4-2-7-11(13)21-14/h3,5-6,8H,2,4,7H2,1H3,(H,18,19). The second-order valence-corrected chi connectivity index (χ2v) is 6.86. The zero-order valence-corrected chi connectivity index (χ0v) is 13.1. The number of thioether (sulfide) groups is 1. The number of nitrogens with zero attached hydrogens (tertiary/aromatic N) is 1. The monoisotopic (exact) mass is 323 g/mol. The van der Waals surface area contributed by atoms with Crippen LogP contribution in [0.4, 0.5) is 4.39 Å². The summed E-state index contributed by atoms with van der Waals surface area (Å²) < 4.78 is 14.2. The van der Waals surface area contributed by atoms with Crippen LogP contribution in [0.15, 0.2) is 23.1 Å². The molecule has 0 saturated heterocycles. The third kappa shape index (κ3) is 2.58. The number of hydrogen-bond donors (Lipinski definition) is 1. The van der Waals surface area contributed by atoms with Gasteiger partial charge in [-0.05, 0) is 37.7 Å². The van der Waals surface area contributed by atoms with Crippen molar-refractivity contribution in [2.24, 2.45) is 0 Å².